The van der Waals surface area contributed by atoms with Crippen LogP contribution in [0.1, 0.15) is 0 Å². The number of hydrogen-bond donors (Lipinski definition) is 6. The molecule has 0 fully saturated rings. The molecular formula is C23H30ClN7O8S2. The number of halogens is 1. The highest BCUT2D eigenvalue weighted by Crippen LogP contribution is 2.24. The second-order valence-electron chi connectivity index (χ2n) is 8.26. The molecule has 0 saturated carbocycles. The predicted octanol–water partition coefficient (Wildman–Crippen LogP) is -0.0372. The average Bonchev–Trinajstić information content (AvgIpc) is 2.93. The van der Waals surface area contributed by atoms with Crippen molar-refractivity contribution in [2.45, 2.75) is 9.79 Å². The number of benzene rings is 2. The summed E-state index contributed by atoms with van der Waals surface area (Å²) in [6.07, 6.45) is 0. The highest BCUT2D eigenvalue weighted by Gasteiger charge is 2.25. The van der Waals surface area contributed by atoms with Gasteiger partial charge in [0.15, 0.2) is 0 Å². The maximum absolute atomic E-state index is 13.0. The van der Waals surface area contributed by atoms with E-state index in [1.807, 2.05) is 0 Å². The summed E-state index contributed by atoms with van der Waals surface area (Å²) in [5, 5.41) is 42.3. The van der Waals surface area contributed by atoms with Gasteiger partial charge < -0.3 is 31.1 Å². The molecule has 3 aromatic rings. The first-order valence-corrected chi connectivity index (χ1v) is 15.4. The molecule has 0 unspecified atom stereocenters. The Hall–Kier alpha value is -3.00. The zero-order chi connectivity index (χ0) is 30.0. The van der Waals surface area contributed by atoms with Gasteiger partial charge in [-0.1, -0.05) is 12.1 Å². The fraction of sp³-hybridized carbons (Fsp3) is 0.348. The Kier molecular flexibility index (Phi) is 11.7. The molecule has 0 amide bonds. The van der Waals surface area contributed by atoms with Crippen LogP contribution in [0.25, 0.3) is 0 Å². The molecule has 0 spiro atoms. The van der Waals surface area contributed by atoms with E-state index < -0.39 is 46.5 Å². The van der Waals surface area contributed by atoms with Gasteiger partial charge in [-0.3, -0.25) is 0 Å². The van der Waals surface area contributed by atoms with Crippen molar-refractivity contribution in [3.05, 3.63) is 53.8 Å². The fourth-order valence-corrected chi connectivity index (χ4v) is 6.73. The largest absolute Gasteiger partial charge is 0.395 e. The van der Waals surface area contributed by atoms with Crippen LogP contribution in [-0.2, 0) is 20.0 Å². The highest BCUT2D eigenvalue weighted by molar-refractivity contribution is 7.89. The second-order valence-corrected chi connectivity index (χ2v) is 12.5. The van der Waals surface area contributed by atoms with Crippen molar-refractivity contribution in [1.29, 1.82) is 0 Å². The number of aliphatic hydroxyl groups is 4. The molecule has 15 nitrogen and oxygen atoms in total. The summed E-state index contributed by atoms with van der Waals surface area (Å²) in [5.41, 5.74) is 0.571. The molecule has 224 valence electrons. The van der Waals surface area contributed by atoms with Crippen LogP contribution < -0.4 is 10.6 Å². The van der Waals surface area contributed by atoms with Crippen molar-refractivity contribution in [2.24, 2.45) is 0 Å². The van der Waals surface area contributed by atoms with Gasteiger partial charge in [0.25, 0.3) is 0 Å². The van der Waals surface area contributed by atoms with Crippen molar-refractivity contribution < 1.29 is 37.3 Å². The van der Waals surface area contributed by atoms with Crippen molar-refractivity contribution in [2.75, 3.05) is 63.2 Å². The summed E-state index contributed by atoms with van der Waals surface area (Å²) < 4.78 is 53.8. The normalized spacial score (nSPS) is 12.2. The molecule has 0 aliphatic carbocycles. The van der Waals surface area contributed by atoms with Crippen molar-refractivity contribution in [3.8, 4) is 0 Å². The number of aliphatic hydroxyl groups excluding tert-OH is 4. The third-order valence-electron chi connectivity index (χ3n) is 5.46. The lowest BCUT2D eigenvalue weighted by Crippen LogP contribution is -2.35. The molecule has 1 aromatic heterocycles. The molecule has 0 saturated heterocycles. The van der Waals surface area contributed by atoms with E-state index in [2.05, 4.69) is 25.6 Å². The van der Waals surface area contributed by atoms with Gasteiger partial charge in [0.2, 0.25) is 37.2 Å². The first kappa shape index (κ1) is 32.5. The number of nitrogens with one attached hydrogen (secondary N) is 2. The summed E-state index contributed by atoms with van der Waals surface area (Å²) in [7, 11) is -8.05. The molecule has 18 heteroatoms. The topological polar surface area (TPSA) is 218 Å². The van der Waals surface area contributed by atoms with E-state index in [1.54, 1.807) is 12.1 Å². The van der Waals surface area contributed by atoms with Crippen LogP contribution in [0.5, 0.6) is 0 Å². The number of sulfonamides is 2. The van der Waals surface area contributed by atoms with Crippen LogP contribution in [0.2, 0.25) is 5.28 Å². The van der Waals surface area contributed by atoms with Gasteiger partial charge in [0, 0.05) is 37.6 Å². The summed E-state index contributed by atoms with van der Waals surface area (Å²) in [5.74, 6) is -0.101. The standard InChI is InChI=1S/C23H30ClN7O8S2/c24-21-27-22(25-17-3-1-5-19(15-17)40(36,37)30(7-11-32)8-12-33)29-23(28-21)26-18-4-2-6-20(16-18)41(38,39)31(9-13-34)10-14-35/h1-6,15-16,32-35H,7-14H2,(H2,25,26,27,28,29). The second kappa shape index (κ2) is 14.8. The molecule has 6 N–H and O–H groups in total. The van der Waals surface area contributed by atoms with Crippen LogP contribution in [-0.4, -0.2) is 113 Å². The van der Waals surface area contributed by atoms with Crippen LogP contribution >= 0.6 is 11.6 Å². The Labute approximate surface area is 242 Å². The minimum Gasteiger partial charge on any atom is -0.395 e. The predicted molar refractivity (Wildman–Crippen MR) is 150 cm³/mol. The number of aromatic nitrogens is 3. The summed E-state index contributed by atoms with van der Waals surface area (Å²) in [6, 6.07) is 11.4. The van der Waals surface area contributed by atoms with Gasteiger partial charge in [-0.2, -0.15) is 23.6 Å². The minimum absolute atomic E-state index is 0.0505. The third-order valence-corrected chi connectivity index (χ3v) is 9.42. The smallest absolute Gasteiger partial charge is 0.243 e. The van der Waals surface area contributed by atoms with Gasteiger partial charge in [-0.25, -0.2) is 16.8 Å². The van der Waals surface area contributed by atoms with Gasteiger partial charge >= 0.3 is 0 Å². The maximum Gasteiger partial charge on any atom is 0.243 e. The Bertz CT molecular complexity index is 1410. The van der Waals surface area contributed by atoms with Crippen LogP contribution in [0, 0.1) is 0 Å². The fourth-order valence-electron chi connectivity index (χ4n) is 3.64. The number of rotatable bonds is 16. The summed E-state index contributed by atoms with van der Waals surface area (Å²) in [6.45, 7) is -2.46. The monoisotopic (exact) mass is 631 g/mol. The van der Waals surface area contributed by atoms with Crippen molar-refractivity contribution in [1.82, 2.24) is 23.6 Å². The van der Waals surface area contributed by atoms with Gasteiger partial charge in [0.1, 0.15) is 0 Å². The Morgan fingerprint density at radius 1 is 0.634 bits per heavy atom. The third kappa shape index (κ3) is 8.51. The van der Waals surface area contributed by atoms with E-state index in [1.165, 1.54) is 36.4 Å². The van der Waals surface area contributed by atoms with Crippen LogP contribution in [0.15, 0.2) is 58.3 Å². The van der Waals surface area contributed by atoms with E-state index in [4.69, 9.17) is 11.6 Å². The zero-order valence-electron chi connectivity index (χ0n) is 21.6. The highest BCUT2D eigenvalue weighted by atomic mass is 35.5. The number of anilines is 4. The molecule has 0 radical (unpaired) electrons. The molecule has 3 rings (SSSR count). The molecule has 41 heavy (non-hydrogen) atoms. The van der Waals surface area contributed by atoms with Crippen LogP contribution in [0.3, 0.4) is 0 Å². The quantitative estimate of drug-likeness (QED) is 0.122. The van der Waals surface area contributed by atoms with Crippen molar-refractivity contribution in [3.63, 3.8) is 0 Å². The van der Waals surface area contributed by atoms with E-state index in [9.17, 15) is 37.3 Å². The van der Waals surface area contributed by atoms with Gasteiger partial charge in [-0.05, 0) is 48.0 Å². The lowest BCUT2D eigenvalue weighted by molar-refractivity contribution is 0.217. The summed E-state index contributed by atoms with van der Waals surface area (Å²) in [4.78, 5) is 12.0. The SMILES string of the molecule is O=S(=O)(c1cccc(Nc2nc(Cl)nc(Nc3cccc(S(=O)(=O)N(CCO)CCO)c3)n2)c1)N(CCO)CCO. The van der Waals surface area contributed by atoms with Gasteiger partial charge in [0.05, 0.1) is 36.2 Å². The molecule has 0 aliphatic heterocycles. The Morgan fingerprint density at radius 2 is 1.00 bits per heavy atom. The maximum atomic E-state index is 13.0. The van der Waals surface area contributed by atoms with E-state index >= 15 is 0 Å². The minimum atomic E-state index is -4.03. The number of hydrogen-bond acceptors (Lipinski definition) is 13. The number of nitrogens with zero attached hydrogens (tertiary/aromatic N) is 5. The lowest BCUT2D eigenvalue weighted by Gasteiger charge is -2.20. The Balaban J connectivity index is 1.85. The molecule has 0 atom stereocenters. The zero-order valence-corrected chi connectivity index (χ0v) is 24.0. The molecule has 2 aromatic carbocycles. The van der Waals surface area contributed by atoms with Gasteiger partial charge in [-0.15, -0.1) is 0 Å². The molecule has 1 heterocycles. The van der Waals surface area contributed by atoms with E-state index in [0.29, 0.717) is 0 Å². The first-order valence-electron chi connectivity index (χ1n) is 12.1. The van der Waals surface area contributed by atoms with E-state index in [-0.39, 0.29) is 64.5 Å². The lowest BCUT2D eigenvalue weighted by atomic mass is 10.3. The average molecular weight is 632 g/mol. The molecule has 0 bridgehead atoms. The Morgan fingerprint density at radius 3 is 1.34 bits per heavy atom. The van der Waals surface area contributed by atoms with Crippen molar-refractivity contribution >= 4 is 54.9 Å². The summed E-state index contributed by atoms with van der Waals surface area (Å²) >= 11 is 6.07. The van der Waals surface area contributed by atoms with Crippen LogP contribution in [0.4, 0.5) is 23.3 Å². The molecular weight excluding hydrogens is 602 g/mol. The first-order chi connectivity index (χ1) is 19.5. The van der Waals surface area contributed by atoms with E-state index in [0.717, 1.165) is 8.61 Å². The molecule has 0 aliphatic rings.